The Bertz CT molecular complexity index is 903. The summed E-state index contributed by atoms with van der Waals surface area (Å²) >= 11 is 0. The van der Waals surface area contributed by atoms with Crippen LogP contribution in [0.2, 0.25) is 0 Å². The summed E-state index contributed by atoms with van der Waals surface area (Å²) in [6, 6.07) is 30.3. The van der Waals surface area contributed by atoms with Crippen LogP contribution in [0.5, 0.6) is 0 Å². The van der Waals surface area contributed by atoms with Crippen LogP contribution in [0.1, 0.15) is 16.7 Å². The van der Waals surface area contributed by atoms with E-state index in [9.17, 15) is 0 Å². The predicted molar refractivity (Wildman–Crippen MR) is 122 cm³/mol. The van der Waals surface area contributed by atoms with Gasteiger partial charge in [-0.25, -0.2) is 0 Å². The van der Waals surface area contributed by atoms with Gasteiger partial charge in [-0.1, -0.05) is 91.0 Å². The molecule has 4 rings (SSSR count). The average Bonchev–Trinajstić information content (AvgIpc) is 3.19. The summed E-state index contributed by atoms with van der Waals surface area (Å²) in [4.78, 5) is 0. The molecule has 32 heavy (non-hydrogen) atoms. The van der Waals surface area contributed by atoms with E-state index in [0.29, 0.717) is 26.4 Å². The van der Waals surface area contributed by atoms with E-state index < -0.39 is 6.29 Å². The Balaban J connectivity index is 1.42. The molecule has 0 bridgehead atoms. The van der Waals surface area contributed by atoms with E-state index in [1.165, 1.54) is 0 Å². The topological polar surface area (TPSA) is 46.2 Å². The number of hydrogen-bond donors (Lipinski definition) is 0. The molecule has 4 atom stereocenters. The monoisotopic (exact) mass is 434 g/mol. The van der Waals surface area contributed by atoms with Gasteiger partial charge in [0.15, 0.2) is 6.29 Å². The Morgan fingerprint density at radius 1 is 0.625 bits per heavy atom. The molecular formula is C27H30O5. The highest BCUT2D eigenvalue weighted by Crippen LogP contribution is 2.29. The molecule has 3 aromatic rings. The Labute approximate surface area is 189 Å². The minimum Gasteiger partial charge on any atom is -0.374 e. The largest absolute Gasteiger partial charge is 0.374 e. The molecule has 3 aromatic carbocycles. The molecule has 0 saturated carbocycles. The van der Waals surface area contributed by atoms with Crippen molar-refractivity contribution in [2.75, 3.05) is 13.7 Å². The van der Waals surface area contributed by atoms with Crippen LogP contribution in [0.15, 0.2) is 91.0 Å². The van der Waals surface area contributed by atoms with Gasteiger partial charge in [-0.2, -0.15) is 0 Å². The van der Waals surface area contributed by atoms with Crippen LogP contribution in [0, 0.1) is 0 Å². The van der Waals surface area contributed by atoms with Gasteiger partial charge in [0.1, 0.15) is 18.3 Å². The summed E-state index contributed by atoms with van der Waals surface area (Å²) in [6.07, 6.45) is -1.51. The Kier molecular flexibility index (Phi) is 8.42. The highest BCUT2D eigenvalue weighted by atomic mass is 16.7. The quantitative estimate of drug-likeness (QED) is 0.436. The van der Waals surface area contributed by atoms with E-state index >= 15 is 0 Å². The lowest BCUT2D eigenvalue weighted by Gasteiger charge is -2.24. The van der Waals surface area contributed by atoms with Crippen molar-refractivity contribution in [1.82, 2.24) is 0 Å². The third-order valence-corrected chi connectivity index (χ3v) is 5.46. The summed E-state index contributed by atoms with van der Waals surface area (Å²) in [5, 5.41) is 0. The maximum Gasteiger partial charge on any atom is 0.186 e. The molecule has 0 aliphatic carbocycles. The molecule has 168 valence electrons. The summed E-state index contributed by atoms with van der Waals surface area (Å²) in [7, 11) is 1.63. The molecule has 0 radical (unpaired) electrons. The van der Waals surface area contributed by atoms with Gasteiger partial charge < -0.3 is 23.7 Å². The second kappa shape index (κ2) is 11.9. The molecule has 1 heterocycles. The zero-order valence-corrected chi connectivity index (χ0v) is 18.3. The van der Waals surface area contributed by atoms with Gasteiger partial charge in [0.05, 0.1) is 26.4 Å². The van der Waals surface area contributed by atoms with E-state index in [4.69, 9.17) is 23.7 Å². The van der Waals surface area contributed by atoms with Gasteiger partial charge in [0.2, 0.25) is 0 Å². The minimum atomic E-state index is -0.523. The SMILES string of the molecule is CO[C@@H]1O[C@@H](COCc2ccccc2)[C@@H](OCc2ccccc2)[C@@H]1OCc1ccccc1. The lowest BCUT2D eigenvalue weighted by atomic mass is 10.1. The molecule has 5 heteroatoms. The lowest BCUT2D eigenvalue weighted by molar-refractivity contribution is -0.170. The molecule has 1 saturated heterocycles. The van der Waals surface area contributed by atoms with Crippen LogP contribution in [-0.4, -0.2) is 38.3 Å². The second-order valence-corrected chi connectivity index (χ2v) is 7.80. The van der Waals surface area contributed by atoms with E-state index in [1.54, 1.807) is 7.11 Å². The maximum atomic E-state index is 6.33. The van der Waals surface area contributed by atoms with E-state index in [-0.39, 0.29) is 18.3 Å². The fourth-order valence-corrected chi connectivity index (χ4v) is 3.79. The fraction of sp³-hybridized carbons (Fsp3) is 0.333. The van der Waals surface area contributed by atoms with Crippen LogP contribution in [0.4, 0.5) is 0 Å². The Morgan fingerprint density at radius 3 is 1.59 bits per heavy atom. The highest BCUT2D eigenvalue weighted by Gasteiger charge is 2.46. The molecule has 1 aliphatic heterocycles. The third kappa shape index (κ3) is 6.25. The van der Waals surface area contributed by atoms with Crippen LogP contribution in [-0.2, 0) is 43.5 Å². The van der Waals surface area contributed by atoms with Gasteiger partial charge in [-0.05, 0) is 16.7 Å². The number of methoxy groups -OCH3 is 1. The summed E-state index contributed by atoms with van der Waals surface area (Å²) < 4.78 is 30.3. The predicted octanol–water partition coefficient (Wildman–Crippen LogP) is 4.75. The Morgan fingerprint density at radius 2 is 1.09 bits per heavy atom. The number of ether oxygens (including phenoxy) is 5. The normalized spacial score (nSPS) is 22.8. The van der Waals surface area contributed by atoms with Gasteiger partial charge in [-0.3, -0.25) is 0 Å². The molecule has 0 unspecified atom stereocenters. The standard InChI is InChI=1S/C27H30O5/c1-28-27-26(31-19-23-15-9-4-10-16-23)25(30-18-22-13-7-3-8-14-22)24(32-27)20-29-17-21-11-5-2-6-12-21/h2-16,24-27H,17-20H2,1H3/t24-,25+,26-,27+/m0/s1. The smallest absolute Gasteiger partial charge is 0.186 e. The third-order valence-electron chi connectivity index (χ3n) is 5.46. The first-order chi connectivity index (χ1) is 15.8. The van der Waals surface area contributed by atoms with Gasteiger partial charge in [-0.15, -0.1) is 0 Å². The van der Waals surface area contributed by atoms with E-state index in [0.717, 1.165) is 16.7 Å². The summed E-state index contributed by atoms with van der Waals surface area (Å²) in [5.74, 6) is 0. The second-order valence-electron chi connectivity index (χ2n) is 7.80. The first-order valence-electron chi connectivity index (χ1n) is 10.9. The van der Waals surface area contributed by atoms with Gasteiger partial charge >= 0.3 is 0 Å². The van der Waals surface area contributed by atoms with Crippen molar-refractivity contribution in [1.29, 1.82) is 0 Å². The number of benzene rings is 3. The zero-order valence-electron chi connectivity index (χ0n) is 18.3. The lowest BCUT2D eigenvalue weighted by Crippen LogP contribution is -2.39. The van der Waals surface area contributed by atoms with Crippen molar-refractivity contribution in [3.63, 3.8) is 0 Å². The maximum absolute atomic E-state index is 6.33. The summed E-state index contributed by atoms with van der Waals surface area (Å²) in [6.45, 7) is 1.82. The molecule has 0 amide bonds. The molecule has 1 fully saturated rings. The number of rotatable bonds is 11. The molecule has 5 nitrogen and oxygen atoms in total. The van der Waals surface area contributed by atoms with Gasteiger partial charge in [0, 0.05) is 7.11 Å². The highest BCUT2D eigenvalue weighted by molar-refractivity contribution is 5.15. The van der Waals surface area contributed by atoms with Crippen molar-refractivity contribution in [2.45, 2.75) is 44.4 Å². The molecular weight excluding hydrogens is 404 g/mol. The van der Waals surface area contributed by atoms with Gasteiger partial charge in [0.25, 0.3) is 0 Å². The Hall–Kier alpha value is -2.54. The van der Waals surface area contributed by atoms with Crippen molar-refractivity contribution >= 4 is 0 Å². The van der Waals surface area contributed by atoms with E-state index in [1.807, 2.05) is 91.0 Å². The average molecular weight is 435 g/mol. The molecule has 0 spiro atoms. The first-order valence-corrected chi connectivity index (χ1v) is 10.9. The molecule has 0 N–H and O–H groups in total. The van der Waals surface area contributed by atoms with Crippen LogP contribution in [0.25, 0.3) is 0 Å². The number of hydrogen-bond acceptors (Lipinski definition) is 5. The summed E-state index contributed by atoms with van der Waals surface area (Å²) in [5.41, 5.74) is 3.31. The molecule has 0 aromatic heterocycles. The van der Waals surface area contributed by atoms with Crippen molar-refractivity contribution in [2.24, 2.45) is 0 Å². The minimum absolute atomic E-state index is 0.298. The fourth-order valence-electron chi connectivity index (χ4n) is 3.79. The van der Waals surface area contributed by atoms with Crippen LogP contribution in [0.3, 0.4) is 0 Å². The first kappa shape index (κ1) is 22.6. The molecule has 1 aliphatic rings. The van der Waals surface area contributed by atoms with E-state index in [2.05, 4.69) is 0 Å². The van der Waals surface area contributed by atoms with Crippen LogP contribution < -0.4 is 0 Å². The zero-order chi connectivity index (χ0) is 22.0. The van der Waals surface area contributed by atoms with Crippen LogP contribution >= 0.6 is 0 Å². The van der Waals surface area contributed by atoms with Crippen molar-refractivity contribution < 1.29 is 23.7 Å². The van der Waals surface area contributed by atoms with Crippen molar-refractivity contribution in [3.8, 4) is 0 Å². The van der Waals surface area contributed by atoms with Crippen molar-refractivity contribution in [3.05, 3.63) is 108 Å².